The second kappa shape index (κ2) is 5.49. The molecule has 0 amide bonds. The minimum atomic E-state index is 0.704. The summed E-state index contributed by atoms with van der Waals surface area (Å²) in [6.45, 7) is 0.704. The predicted octanol–water partition coefficient (Wildman–Crippen LogP) is 4.23. The van der Waals surface area contributed by atoms with E-state index in [9.17, 15) is 0 Å². The van der Waals surface area contributed by atoms with Gasteiger partial charge in [-0.05, 0) is 22.4 Å². The summed E-state index contributed by atoms with van der Waals surface area (Å²) in [5, 5.41) is 5.95. The van der Waals surface area contributed by atoms with E-state index in [2.05, 4.69) is 83.1 Å². The van der Waals surface area contributed by atoms with Gasteiger partial charge in [0.05, 0.1) is 6.54 Å². The minimum absolute atomic E-state index is 0.704. The average molecular weight is 284 g/mol. The lowest BCUT2D eigenvalue weighted by Crippen LogP contribution is -2.26. The number of hydrogen-bond donors (Lipinski definition) is 1. The molecule has 0 unspecified atom stereocenters. The van der Waals surface area contributed by atoms with Crippen LogP contribution >= 0.6 is 0 Å². The fraction of sp³-hybridized carbons (Fsp3) is 0.0500. The molecule has 0 saturated heterocycles. The monoisotopic (exact) mass is 284 g/mol. The topological polar surface area (TPSA) is 24.4 Å². The molecule has 0 spiro atoms. The molecule has 2 nitrogen and oxygen atoms in total. The summed E-state index contributed by atoms with van der Waals surface area (Å²) in [7, 11) is 0. The van der Waals surface area contributed by atoms with E-state index >= 15 is 0 Å². The van der Waals surface area contributed by atoms with Crippen LogP contribution < -0.4 is 5.32 Å². The molecule has 0 fully saturated rings. The van der Waals surface area contributed by atoms with Gasteiger partial charge in [0.15, 0.2) is 0 Å². The van der Waals surface area contributed by atoms with Gasteiger partial charge < -0.3 is 5.32 Å². The van der Waals surface area contributed by atoms with Gasteiger partial charge >= 0.3 is 0 Å². The molecule has 0 saturated carbocycles. The maximum atomic E-state index is 4.65. The molecule has 3 aromatic carbocycles. The Morgan fingerprint density at radius 3 is 2.45 bits per heavy atom. The first-order valence-corrected chi connectivity index (χ1v) is 7.47. The molecule has 106 valence electrons. The van der Waals surface area contributed by atoms with Crippen LogP contribution in [0.25, 0.3) is 16.5 Å². The van der Waals surface area contributed by atoms with E-state index in [4.69, 9.17) is 0 Å². The third-order valence-electron chi connectivity index (χ3n) is 3.93. The molecule has 0 bridgehead atoms. The second-order valence-electron chi connectivity index (χ2n) is 5.32. The van der Waals surface area contributed by atoms with Crippen LogP contribution in [0.4, 0.5) is 0 Å². The Labute approximate surface area is 129 Å². The van der Waals surface area contributed by atoms with Crippen molar-refractivity contribution < 1.29 is 0 Å². The maximum Gasteiger partial charge on any atom is 0.133 e. The number of amidine groups is 1. The highest BCUT2D eigenvalue weighted by Crippen LogP contribution is 2.21. The molecule has 1 heterocycles. The number of hydrogen-bond acceptors (Lipinski definition) is 2. The number of fused-ring (bicyclic) bond motifs is 1. The van der Waals surface area contributed by atoms with Crippen LogP contribution in [0.2, 0.25) is 0 Å². The third kappa shape index (κ3) is 2.29. The van der Waals surface area contributed by atoms with E-state index in [-0.39, 0.29) is 0 Å². The highest BCUT2D eigenvalue weighted by atomic mass is 15.0. The first-order chi connectivity index (χ1) is 10.9. The number of benzene rings is 3. The Kier molecular flexibility index (Phi) is 3.20. The highest BCUT2D eigenvalue weighted by Gasteiger charge is 2.13. The number of nitrogens with zero attached hydrogens (tertiary/aromatic N) is 1. The standard InChI is InChI=1S/C20H16N2/c1-2-8-16(9-3-1)19-13-14-21-20(22-19)18-12-6-10-15-7-4-5-11-17(15)18/h1-13H,14H2,(H,21,22). The molecule has 1 aliphatic heterocycles. The summed E-state index contributed by atoms with van der Waals surface area (Å²) in [6, 6.07) is 25.2. The Morgan fingerprint density at radius 1 is 0.773 bits per heavy atom. The third-order valence-corrected chi connectivity index (χ3v) is 3.93. The average Bonchev–Trinajstić information content (AvgIpc) is 2.62. The first kappa shape index (κ1) is 12.8. The van der Waals surface area contributed by atoms with Crippen molar-refractivity contribution >= 4 is 22.3 Å². The summed E-state index contributed by atoms with van der Waals surface area (Å²) in [5.41, 5.74) is 3.47. The van der Waals surface area contributed by atoms with Crippen molar-refractivity contribution in [1.82, 2.24) is 5.32 Å². The molecule has 1 aliphatic rings. The van der Waals surface area contributed by atoms with Crippen LogP contribution in [0.5, 0.6) is 0 Å². The molecule has 1 N–H and O–H groups in total. The van der Waals surface area contributed by atoms with Crippen molar-refractivity contribution in [1.29, 1.82) is 0 Å². The zero-order valence-corrected chi connectivity index (χ0v) is 12.2. The Balaban J connectivity index is 1.73. The zero-order chi connectivity index (χ0) is 14.8. The maximum absolute atomic E-state index is 4.65. The Hall–Kier alpha value is -2.87. The van der Waals surface area contributed by atoms with E-state index in [0.717, 1.165) is 17.1 Å². The second-order valence-corrected chi connectivity index (χ2v) is 5.32. The van der Waals surface area contributed by atoms with E-state index in [1.54, 1.807) is 0 Å². The van der Waals surface area contributed by atoms with Gasteiger partial charge in [0, 0.05) is 11.3 Å². The van der Waals surface area contributed by atoms with Crippen molar-refractivity contribution in [2.45, 2.75) is 0 Å². The van der Waals surface area contributed by atoms with Crippen LogP contribution in [0.1, 0.15) is 11.1 Å². The molecular formula is C20H16N2. The molecule has 0 atom stereocenters. The van der Waals surface area contributed by atoms with Crippen LogP contribution in [-0.4, -0.2) is 12.4 Å². The van der Waals surface area contributed by atoms with Crippen molar-refractivity contribution in [3.8, 4) is 0 Å². The van der Waals surface area contributed by atoms with Crippen LogP contribution in [-0.2, 0) is 0 Å². The molecule has 0 aromatic heterocycles. The lowest BCUT2D eigenvalue weighted by atomic mass is 10.0. The molecule has 0 aliphatic carbocycles. The van der Waals surface area contributed by atoms with Crippen LogP contribution in [0, 0.1) is 0 Å². The van der Waals surface area contributed by atoms with E-state index in [0.29, 0.717) is 6.54 Å². The van der Waals surface area contributed by atoms with Gasteiger partial charge in [0.2, 0.25) is 0 Å². The van der Waals surface area contributed by atoms with E-state index in [1.165, 1.54) is 16.3 Å². The van der Waals surface area contributed by atoms with Crippen molar-refractivity contribution in [3.63, 3.8) is 0 Å². The summed E-state index contributed by atoms with van der Waals surface area (Å²) >= 11 is 0. The number of nitrogens with one attached hydrogen (secondary N) is 1. The van der Waals surface area contributed by atoms with Crippen LogP contribution in [0.3, 0.4) is 0 Å². The SMILES string of the molecule is C1=C(c2ccccc2)NC(c2cccc3ccccc23)=NC1. The van der Waals surface area contributed by atoms with E-state index in [1.807, 2.05) is 6.07 Å². The molecule has 0 radical (unpaired) electrons. The smallest absolute Gasteiger partial charge is 0.133 e. The van der Waals surface area contributed by atoms with Gasteiger partial charge in [-0.25, -0.2) is 0 Å². The zero-order valence-electron chi connectivity index (χ0n) is 12.2. The molecule has 22 heavy (non-hydrogen) atoms. The van der Waals surface area contributed by atoms with Crippen LogP contribution in [0.15, 0.2) is 83.9 Å². The van der Waals surface area contributed by atoms with Crippen molar-refractivity contribution in [3.05, 3.63) is 90.0 Å². The van der Waals surface area contributed by atoms with Crippen molar-refractivity contribution in [2.24, 2.45) is 4.99 Å². The van der Waals surface area contributed by atoms with Gasteiger partial charge in [-0.1, -0.05) is 72.8 Å². The van der Waals surface area contributed by atoms with Crippen molar-refractivity contribution in [2.75, 3.05) is 6.54 Å². The lowest BCUT2D eigenvalue weighted by Gasteiger charge is -2.19. The quantitative estimate of drug-likeness (QED) is 0.748. The number of aliphatic imine (C=N–C) groups is 1. The molecule has 2 heteroatoms. The minimum Gasteiger partial charge on any atom is -0.340 e. The molecule has 3 aromatic rings. The summed E-state index contributed by atoms with van der Waals surface area (Å²) in [5.74, 6) is 0.943. The fourth-order valence-corrected chi connectivity index (χ4v) is 2.84. The van der Waals surface area contributed by atoms with Gasteiger partial charge in [-0.15, -0.1) is 0 Å². The number of rotatable bonds is 2. The fourth-order valence-electron chi connectivity index (χ4n) is 2.84. The summed E-state index contributed by atoms with van der Waals surface area (Å²) in [4.78, 5) is 4.65. The van der Waals surface area contributed by atoms with Gasteiger partial charge in [0.1, 0.15) is 5.84 Å². The van der Waals surface area contributed by atoms with E-state index < -0.39 is 0 Å². The van der Waals surface area contributed by atoms with Gasteiger partial charge in [0.25, 0.3) is 0 Å². The Morgan fingerprint density at radius 2 is 1.55 bits per heavy atom. The summed E-state index contributed by atoms with van der Waals surface area (Å²) in [6.07, 6.45) is 2.13. The van der Waals surface area contributed by atoms with Gasteiger partial charge in [-0.2, -0.15) is 0 Å². The molecule has 4 rings (SSSR count). The predicted molar refractivity (Wildman–Crippen MR) is 92.9 cm³/mol. The Bertz CT molecular complexity index is 871. The summed E-state index contributed by atoms with van der Waals surface area (Å²) < 4.78 is 0. The highest BCUT2D eigenvalue weighted by molar-refractivity contribution is 6.12. The largest absolute Gasteiger partial charge is 0.340 e. The van der Waals surface area contributed by atoms with Gasteiger partial charge in [-0.3, -0.25) is 4.99 Å². The molecular weight excluding hydrogens is 268 g/mol. The lowest BCUT2D eigenvalue weighted by molar-refractivity contribution is 1.12. The first-order valence-electron chi connectivity index (χ1n) is 7.47. The normalized spacial score (nSPS) is 14.2.